The van der Waals surface area contributed by atoms with Gasteiger partial charge in [0.15, 0.2) is 0 Å². The molecule has 138 valence electrons. The van der Waals surface area contributed by atoms with Crippen LogP contribution in [-0.4, -0.2) is 47.8 Å². The highest BCUT2D eigenvalue weighted by Crippen LogP contribution is 2.29. The van der Waals surface area contributed by atoms with Crippen molar-refractivity contribution in [3.8, 4) is 0 Å². The summed E-state index contributed by atoms with van der Waals surface area (Å²) in [5.74, 6) is -0.750. The fraction of sp³-hybridized carbons (Fsp3) is 0.526. The predicted octanol–water partition coefficient (Wildman–Crippen LogP) is 0.289. The van der Waals surface area contributed by atoms with Crippen LogP contribution in [0.25, 0.3) is 0 Å². The third-order valence-electron chi connectivity index (χ3n) is 5.31. The number of piperidine rings is 1. The van der Waals surface area contributed by atoms with Crippen molar-refractivity contribution >= 4 is 17.7 Å². The van der Waals surface area contributed by atoms with E-state index >= 15 is 0 Å². The molecule has 2 fully saturated rings. The maximum Gasteiger partial charge on any atom is 0.255 e. The summed E-state index contributed by atoms with van der Waals surface area (Å²) in [5, 5.41) is 9.23. The number of fused-ring (bicyclic) bond motifs is 1. The van der Waals surface area contributed by atoms with Crippen LogP contribution in [0, 0.1) is 0 Å². The van der Waals surface area contributed by atoms with Gasteiger partial charge in [-0.1, -0.05) is 12.1 Å². The topological polar surface area (TPSA) is 90.5 Å². The molecule has 1 aromatic rings. The second-order valence-electron chi connectivity index (χ2n) is 7.25. The second-order valence-corrected chi connectivity index (χ2v) is 7.25. The Morgan fingerprint density at radius 1 is 1.12 bits per heavy atom. The van der Waals surface area contributed by atoms with Gasteiger partial charge >= 0.3 is 0 Å². The Bertz CT molecular complexity index is 744. The molecule has 1 saturated heterocycles. The molecule has 7 heteroatoms. The highest BCUT2D eigenvalue weighted by Gasteiger charge is 2.39. The molecular weight excluding hydrogens is 332 g/mol. The molecule has 3 aliphatic rings. The van der Waals surface area contributed by atoms with Crippen molar-refractivity contribution in [1.29, 1.82) is 0 Å². The lowest BCUT2D eigenvalue weighted by Crippen LogP contribution is -2.52. The molecule has 7 nitrogen and oxygen atoms in total. The van der Waals surface area contributed by atoms with Crippen LogP contribution < -0.4 is 16.0 Å². The van der Waals surface area contributed by atoms with E-state index in [1.165, 1.54) is 12.8 Å². The zero-order chi connectivity index (χ0) is 18.1. The van der Waals surface area contributed by atoms with Crippen molar-refractivity contribution in [3.63, 3.8) is 0 Å². The molecule has 2 aliphatic heterocycles. The number of hydrogen-bond acceptors (Lipinski definition) is 5. The number of imide groups is 1. The third kappa shape index (κ3) is 3.50. The van der Waals surface area contributed by atoms with Crippen LogP contribution in [0.1, 0.15) is 47.2 Å². The quantitative estimate of drug-likeness (QED) is 0.483. The molecule has 0 spiro atoms. The fourth-order valence-corrected chi connectivity index (χ4v) is 3.69. The molecule has 1 atom stereocenters. The molecule has 26 heavy (non-hydrogen) atoms. The Hall–Kier alpha value is -2.25. The number of benzene rings is 1. The Morgan fingerprint density at radius 3 is 2.73 bits per heavy atom. The van der Waals surface area contributed by atoms with Crippen molar-refractivity contribution in [1.82, 2.24) is 20.9 Å². The minimum Gasteiger partial charge on any atom is -0.322 e. The normalized spacial score (nSPS) is 22.5. The van der Waals surface area contributed by atoms with Crippen LogP contribution >= 0.6 is 0 Å². The number of carbonyl (C=O) groups excluding carboxylic acids is 3. The molecule has 4 rings (SSSR count). The Balaban J connectivity index is 1.40. The van der Waals surface area contributed by atoms with E-state index in [1.807, 2.05) is 18.2 Å². The predicted molar refractivity (Wildman–Crippen MR) is 95.2 cm³/mol. The minimum atomic E-state index is -0.559. The molecule has 3 amide bonds. The van der Waals surface area contributed by atoms with E-state index in [9.17, 15) is 14.4 Å². The van der Waals surface area contributed by atoms with Crippen molar-refractivity contribution in [3.05, 3.63) is 34.9 Å². The van der Waals surface area contributed by atoms with E-state index in [4.69, 9.17) is 0 Å². The van der Waals surface area contributed by atoms with Gasteiger partial charge in [-0.05, 0) is 36.5 Å². The highest BCUT2D eigenvalue weighted by molar-refractivity contribution is 6.05. The molecule has 1 aliphatic carbocycles. The lowest BCUT2D eigenvalue weighted by atomic mass is 10.0. The number of hydrogen-bond donors (Lipinski definition) is 3. The van der Waals surface area contributed by atoms with Crippen LogP contribution in [0.4, 0.5) is 0 Å². The monoisotopic (exact) mass is 356 g/mol. The van der Waals surface area contributed by atoms with E-state index in [-0.39, 0.29) is 24.1 Å². The van der Waals surface area contributed by atoms with Crippen molar-refractivity contribution < 1.29 is 14.4 Å². The first-order valence-corrected chi connectivity index (χ1v) is 9.33. The number of nitrogens with one attached hydrogen (secondary N) is 3. The lowest BCUT2D eigenvalue weighted by Gasteiger charge is -2.29. The van der Waals surface area contributed by atoms with Crippen molar-refractivity contribution in [2.45, 2.75) is 50.9 Å². The van der Waals surface area contributed by atoms with Gasteiger partial charge in [0, 0.05) is 44.2 Å². The van der Waals surface area contributed by atoms with Gasteiger partial charge in [0.1, 0.15) is 6.04 Å². The number of carbonyl (C=O) groups is 3. The zero-order valence-electron chi connectivity index (χ0n) is 14.7. The summed E-state index contributed by atoms with van der Waals surface area (Å²) in [5.41, 5.74) is 2.76. The molecule has 3 N–H and O–H groups in total. The van der Waals surface area contributed by atoms with E-state index in [1.54, 1.807) is 4.90 Å². The van der Waals surface area contributed by atoms with Crippen LogP contribution in [-0.2, 0) is 22.7 Å². The van der Waals surface area contributed by atoms with E-state index in [0.717, 1.165) is 24.2 Å². The van der Waals surface area contributed by atoms with Gasteiger partial charge in [0.25, 0.3) is 5.91 Å². The molecule has 1 saturated carbocycles. The van der Waals surface area contributed by atoms with Gasteiger partial charge < -0.3 is 15.5 Å². The molecule has 0 radical (unpaired) electrons. The van der Waals surface area contributed by atoms with E-state index in [2.05, 4.69) is 16.0 Å². The Labute approximate surface area is 152 Å². The van der Waals surface area contributed by atoms with Gasteiger partial charge in [-0.2, -0.15) is 0 Å². The Morgan fingerprint density at radius 2 is 1.96 bits per heavy atom. The molecular formula is C19H24N4O3. The first-order valence-electron chi connectivity index (χ1n) is 9.33. The molecule has 0 aromatic heterocycles. The van der Waals surface area contributed by atoms with Gasteiger partial charge in [0.05, 0.1) is 0 Å². The number of nitrogens with zero attached hydrogens (tertiary/aromatic N) is 1. The Kier molecular flexibility index (Phi) is 4.74. The van der Waals surface area contributed by atoms with Crippen molar-refractivity contribution in [2.24, 2.45) is 0 Å². The highest BCUT2D eigenvalue weighted by atomic mass is 16.2. The van der Waals surface area contributed by atoms with Gasteiger partial charge in [-0.25, -0.2) is 0 Å². The van der Waals surface area contributed by atoms with Crippen molar-refractivity contribution in [2.75, 3.05) is 13.1 Å². The summed E-state index contributed by atoms with van der Waals surface area (Å²) in [7, 11) is 0. The SMILES string of the molecule is O=C1CCC(N2Cc3c(CNCCNC4CC4)cccc3C2=O)C(=O)N1. The molecule has 1 unspecified atom stereocenters. The van der Waals surface area contributed by atoms with E-state index in [0.29, 0.717) is 31.1 Å². The summed E-state index contributed by atoms with van der Waals surface area (Å²) >= 11 is 0. The molecule has 2 heterocycles. The number of amides is 3. The summed E-state index contributed by atoms with van der Waals surface area (Å²) in [6.45, 7) is 2.95. The average Bonchev–Trinajstić information content (AvgIpc) is 3.38. The average molecular weight is 356 g/mol. The van der Waals surface area contributed by atoms with Gasteiger partial charge in [0.2, 0.25) is 11.8 Å². The van der Waals surface area contributed by atoms with E-state index < -0.39 is 6.04 Å². The minimum absolute atomic E-state index is 0.119. The summed E-state index contributed by atoms with van der Waals surface area (Å²) in [6, 6.07) is 5.89. The largest absolute Gasteiger partial charge is 0.322 e. The third-order valence-corrected chi connectivity index (χ3v) is 5.31. The van der Waals surface area contributed by atoms with Crippen LogP contribution in [0.3, 0.4) is 0 Å². The van der Waals surface area contributed by atoms with Crippen LogP contribution in [0.2, 0.25) is 0 Å². The van der Waals surface area contributed by atoms with Crippen LogP contribution in [0.5, 0.6) is 0 Å². The second kappa shape index (κ2) is 7.17. The zero-order valence-corrected chi connectivity index (χ0v) is 14.7. The molecule has 0 bridgehead atoms. The first-order chi connectivity index (χ1) is 12.6. The van der Waals surface area contributed by atoms with Gasteiger partial charge in [-0.15, -0.1) is 0 Å². The fourth-order valence-electron chi connectivity index (χ4n) is 3.69. The van der Waals surface area contributed by atoms with Crippen LogP contribution in [0.15, 0.2) is 18.2 Å². The smallest absolute Gasteiger partial charge is 0.255 e. The summed E-state index contributed by atoms with van der Waals surface area (Å²) < 4.78 is 0. The lowest BCUT2D eigenvalue weighted by molar-refractivity contribution is -0.136. The standard InChI is InChI=1S/C19H24N4O3/c24-17-7-6-16(18(25)22-17)23-11-15-12(2-1-3-14(15)19(23)26)10-20-8-9-21-13-4-5-13/h1-3,13,16,20-21H,4-11H2,(H,22,24,25). The maximum atomic E-state index is 12.8. The maximum absolute atomic E-state index is 12.8. The van der Waals surface area contributed by atoms with Gasteiger partial charge in [-0.3, -0.25) is 19.7 Å². The first kappa shape index (κ1) is 17.2. The summed E-state index contributed by atoms with van der Waals surface area (Å²) in [6.07, 6.45) is 3.23. The number of rotatable bonds is 7. The summed E-state index contributed by atoms with van der Waals surface area (Å²) in [4.78, 5) is 37.9. The molecule has 1 aromatic carbocycles.